The van der Waals surface area contributed by atoms with Crippen LogP contribution in [0.4, 0.5) is 0 Å². The van der Waals surface area contributed by atoms with Gasteiger partial charge < -0.3 is 18.6 Å². The van der Waals surface area contributed by atoms with E-state index >= 15 is 0 Å². The van der Waals surface area contributed by atoms with Crippen molar-refractivity contribution in [2.45, 2.75) is 6.54 Å². The van der Waals surface area contributed by atoms with E-state index in [9.17, 15) is 0 Å². The molecular weight excluding hydrogens is 394 g/mol. The number of benzene rings is 2. The molecule has 0 spiro atoms. The highest BCUT2D eigenvalue weighted by Crippen LogP contribution is 2.38. The van der Waals surface area contributed by atoms with E-state index in [-0.39, 0.29) is 0 Å². The predicted octanol–water partition coefficient (Wildman–Crippen LogP) is 5.58. The molecule has 0 aliphatic rings. The van der Waals surface area contributed by atoms with Crippen molar-refractivity contribution in [3.63, 3.8) is 0 Å². The highest BCUT2D eigenvalue weighted by atomic mass is 32.1. The van der Waals surface area contributed by atoms with Gasteiger partial charge in [-0.15, -0.1) is 11.3 Å². The highest BCUT2D eigenvalue weighted by molar-refractivity contribution is 7.13. The Balaban J connectivity index is 1.63. The number of para-hydroxylation sites is 1. The number of hydrogen-bond acceptors (Lipinski definition) is 4. The molecule has 2 aromatic carbocycles. The molecule has 5 rings (SSSR count). The van der Waals surface area contributed by atoms with Crippen molar-refractivity contribution in [3.8, 4) is 27.6 Å². The lowest BCUT2D eigenvalue weighted by molar-refractivity contribution is 0.188. The molecule has 3 heterocycles. The largest absolute Gasteiger partial charge is 0.497 e. The molecule has 0 saturated carbocycles. The van der Waals surface area contributed by atoms with Crippen molar-refractivity contribution in [2.24, 2.45) is 7.05 Å². The lowest BCUT2D eigenvalue weighted by atomic mass is 10.1. The number of methoxy groups -OCH3 is 2. The fourth-order valence-electron chi connectivity index (χ4n) is 4.02. The maximum absolute atomic E-state index is 5.48. The minimum Gasteiger partial charge on any atom is -0.497 e. The SMILES string of the molecule is COCCn1cc(-c2nc(-c3cn(C)c4ccccc34)cs2)c2cc(OC)ccc21. The molecule has 0 bridgehead atoms. The number of aromatic nitrogens is 3. The number of hydrogen-bond donors (Lipinski definition) is 0. The third-order valence-corrected chi connectivity index (χ3v) is 6.41. The Kier molecular flexibility index (Phi) is 4.81. The molecule has 0 aliphatic heterocycles. The summed E-state index contributed by atoms with van der Waals surface area (Å²) in [5.74, 6) is 0.846. The second-order valence-corrected chi connectivity index (χ2v) is 8.18. The van der Waals surface area contributed by atoms with Gasteiger partial charge in [-0.05, 0) is 24.3 Å². The fraction of sp³-hybridized carbons (Fsp3) is 0.208. The molecule has 152 valence electrons. The lowest BCUT2D eigenvalue weighted by Crippen LogP contribution is -2.02. The van der Waals surface area contributed by atoms with Crippen LogP contribution in [-0.2, 0) is 18.3 Å². The van der Waals surface area contributed by atoms with Crippen LogP contribution in [0.1, 0.15) is 0 Å². The first-order valence-electron chi connectivity index (χ1n) is 9.85. The predicted molar refractivity (Wildman–Crippen MR) is 123 cm³/mol. The van der Waals surface area contributed by atoms with Gasteiger partial charge in [-0.25, -0.2) is 4.98 Å². The number of nitrogens with zero attached hydrogens (tertiary/aromatic N) is 3. The van der Waals surface area contributed by atoms with Crippen molar-refractivity contribution in [3.05, 3.63) is 60.2 Å². The molecule has 0 radical (unpaired) electrons. The Morgan fingerprint density at radius 3 is 2.67 bits per heavy atom. The van der Waals surface area contributed by atoms with Crippen LogP contribution in [0.3, 0.4) is 0 Å². The maximum atomic E-state index is 5.48. The van der Waals surface area contributed by atoms with E-state index in [0.717, 1.165) is 45.0 Å². The number of ether oxygens (including phenoxy) is 2. The first kappa shape index (κ1) is 18.9. The molecular formula is C24H23N3O2S. The molecule has 6 heteroatoms. The van der Waals surface area contributed by atoms with Gasteiger partial charge in [0.1, 0.15) is 10.8 Å². The molecule has 0 N–H and O–H groups in total. The summed E-state index contributed by atoms with van der Waals surface area (Å²) in [5.41, 5.74) is 5.66. The van der Waals surface area contributed by atoms with Gasteiger partial charge in [0.2, 0.25) is 0 Å². The van der Waals surface area contributed by atoms with E-state index in [1.807, 2.05) is 6.07 Å². The van der Waals surface area contributed by atoms with Crippen molar-refractivity contribution < 1.29 is 9.47 Å². The summed E-state index contributed by atoms with van der Waals surface area (Å²) in [6.07, 6.45) is 4.34. The summed E-state index contributed by atoms with van der Waals surface area (Å²) in [5, 5.41) is 5.52. The number of aryl methyl sites for hydroxylation is 1. The first-order valence-corrected chi connectivity index (χ1v) is 10.7. The molecule has 0 unspecified atom stereocenters. The van der Waals surface area contributed by atoms with Gasteiger partial charge in [0.15, 0.2) is 0 Å². The van der Waals surface area contributed by atoms with E-state index in [1.54, 1.807) is 25.6 Å². The van der Waals surface area contributed by atoms with Crippen LogP contribution < -0.4 is 4.74 Å². The molecule has 0 amide bonds. The molecule has 5 nitrogen and oxygen atoms in total. The zero-order valence-electron chi connectivity index (χ0n) is 17.3. The van der Waals surface area contributed by atoms with Gasteiger partial charge in [-0.1, -0.05) is 18.2 Å². The number of rotatable bonds is 6. The third-order valence-electron chi connectivity index (χ3n) is 5.53. The van der Waals surface area contributed by atoms with E-state index in [0.29, 0.717) is 6.61 Å². The molecule has 5 aromatic rings. The Hall–Kier alpha value is -3.09. The van der Waals surface area contributed by atoms with Gasteiger partial charge in [0.05, 0.1) is 19.4 Å². The van der Waals surface area contributed by atoms with Crippen LogP contribution in [0.2, 0.25) is 0 Å². The van der Waals surface area contributed by atoms with E-state index in [1.165, 1.54) is 10.9 Å². The van der Waals surface area contributed by atoms with Crippen LogP contribution in [0.15, 0.2) is 60.2 Å². The number of thiazole rings is 1. The summed E-state index contributed by atoms with van der Waals surface area (Å²) < 4.78 is 15.2. The molecule has 0 aliphatic carbocycles. The Morgan fingerprint density at radius 2 is 1.83 bits per heavy atom. The molecule has 0 saturated heterocycles. The Labute approximate surface area is 179 Å². The van der Waals surface area contributed by atoms with Crippen LogP contribution >= 0.6 is 11.3 Å². The Morgan fingerprint density at radius 1 is 0.967 bits per heavy atom. The monoisotopic (exact) mass is 417 g/mol. The van der Waals surface area contributed by atoms with Crippen molar-refractivity contribution in [2.75, 3.05) is 20.8 Å². The molecule has 0 atom stereocenters. The minimum atomic E-state index is 0.661. The van der Waals surface area contributed by atoms with Crippen LogP contribution in [0.5, 0.6) is 5.75 Å². The normalized spacial score (nSPS) is 11.6. The fourth-order valence-corrected chi connectivity index (χ4v) is 4.86. The minimum absolute atomic E-state index is 0.661. The Bertz CT molecular complexity index is 1350. The summed E-state index contributed by atoms with van der Waals surface area (Å²) in [6.45, 7) is 1.45. The van der Waals surface area contributed by atoms with Gasteiger partial charge >= 0.3 is 0 Å². The first-order chi connectivity index (χ1) is 14.7. The number of fused-ring (bicyclic) bond motifs is 2. The molecule has 0 fully saturated rings. The van der Waals surface area contributed by atoms with Gasteiger partial charge in [0, 0.05) is 71.4 Å². The van der Waals surface area contributed by atoms with Crippen LogP contribution in [0, 0.1) is 0 Å². The maximum Gasteiger partial charge on any atom is 0.126 e. The molecule has 30 heavy (non-hydrogen) atoms. The van der Waals surface area contributed by atoms with Crippen molar-refractivity contribution in [1.29, 1.82) is 0 Å². The quantitative estimate of drug-likeness (QED) is 0.362. The second-order valence-electron chi connectivity index (χ2n) is 7.32. The summed E-state index contributed by atoms with van der Waals surface area (Å²) in [4.78, 5) is 5.03. The van der Waals surface area contributed by atoms with Crippen molar-refractivity contribution in [1.82, 2.24) is 14.1 Å². The average Bonchev–Trinajstić information content (AvgIpc) is 3.48. The van der Waals surface area contributed by atoms with Crippen molar-refractivity contribution >= 4 is 33.1 Å². The van der Waals surface area contributed by atoms with Gasteiger partial charge in [-0.2, -0.15) is 0 Å². The topological polar surface area (TPSA) is 41.2 Å². The van der Waals surface area contributed by atoms with Gasteiger partial charge in [0.25, 0.3) is 0 Å². The summed E-state index contributed by atoms with van der Waals surface area (Å²) in [6, 6.07) is 14.6. The zero-order chi connectivity index (χ0) is 20.7. The van der Waals surface area contributed by atoms with E-state index in [2.05, 4.69) is 70.4 Å². The van der Waals surface area contributed by atoms with Gasteiger partial charge in [-0.3, -0.25) is 0 Å². The summed E-state index contributed by atoms with van der Waals surface area (Å²) in [7, 11) is 5.51. The highest BCUT2D eigenvalue weighted by Gasteiger charge is 2.17. The van der Waals surface area contributed by atoms with Crippen LogP contribution in [0.25, 0.3) is 43.6 Å². The van der Waals surface area contributed by atoms with E-state index in [4.69, 9.17) is 14.5 Å². The van der Waals surface area contributed by atoms with E-state index < -0.39 is 0 Å². The average molecular weight is 418 g/mol. The second kappa shape index (κ2) is 7.63. The third kappa shape index (κ3) is 3.09. The van der Waals surface area contributed by atoms with Crippen LogP contribution in [-0.4, -0.2) is 34.9 Å². The standard InChI is InChI=1S/C24H23N3O2S/c1-26-13-19(17-6-4-5-7-22(17)26)21-15-30-24(25-21)20-14-27(10-11-28-2)23-9-8-16(29-3)12-18(20)23/h4-9,12-15H,10-11H2,1-3H3. The lowest BCUT2D eigenvalue weighted by Gasteiger charge is -2.05. The zero-order valence-corrected chi connectivity index (χ0v) is 18.1. The summed E-state index contributed by atoms with van der Waals surface area (Å²) >= 11 is 1.67. The smallest absolute Gasteiger partial charge is 0.126 e. The molecule has 3 aromatic heterocycles.